The minimum absolute atomic E-state index is 0.945. The van der Waals surface area contributed by atoms with E-state index in [1.807, 2.05) is 55.5 Å². The molecule has 0 unspecified atom stereocenters. The van der Waals surface area contributed by atoms with Gasteiger partial charge in [-0.05, 0) is 43.3 Å². The molecule has 2 aromatic rings. The molecule has 0 bridgehead atoms. The third-order valence-corrected chi connectivity index (χ3v) is 2.02. The Balaban J connectivity index is 2.19. The molecule has 0 aliphatic heterocycles. The molecule has 0 spiro atoms. The molecule has 0 amide bonds. The van der Waals surface area contributed by atoms with Crippen LogP contribution in [0.4, 0.5) is 0 Å². The molecule has 74 valence electrons. The SMILES string of the molecule is Cc1cccc(/C=C\c2ccccn2)n1. The number of rotatable bonds is 2. The fourth-order valence-electron chi connectivity index (χ4n) is 1.30. The molecule has 0 fully saturated rings. The van der Waals surface area contributed by atoms with E-state index in [2.05, 4.69) is 9.97 Å². The van der Waals surface area contributed by atoms with Gasteiger partial charge in [-0.1, -0.05) is 12.1 Å². The molecular formula is C13H12N2. The van der Waals surface area contributed by atoms with Crippen LogP contribution in [-0.4, -0.2) is 9.97 Å². The summed E-state index contributed by atoms with van der Waals surface area (Å²) in [4.78, 5) is 8.58. The van der Waals surface area contributed by atoms with E-state index in [4.69, 9.17) is 0 Å². The van der Waals surface area contributed by atoms with Crippen molar-refractivity contribution in [2.75, 3.05) is 0 Å². The number of aromatic nitrogens is 2. The normalized spacial score (nSPS) is 10.7. The van der Waals surface area contributed by atoms with Crippen LogP contribution >= 0.6 is 0 Å². The Bertz CT molecular complexity index is 461. The van der Waals surface area contributed by atoms with Gasteiger partial charge in [0.05, 0.1) is 11.4 Å². The van der Waals surface area contributed by atoms with Gasteiger partial charge in [-0.15, -0.1) is 0 Å². The van der Waals surface area contributed by atoms with Gasteiger partial charge in [-0.3, -0.25) is 9.97 Å². The van der Waals surface area contributed by atoms with E-state index in [1.54, 1.807) is 6.20 Å². The average molecular weight is 196 g/mol. The van der Waals surface area contributed by atoms with Crippen molar-refractivity contribution in [1.82, 2.24) is 9.97 Å². The quantitative estimate of drug-likeness (QED) is 0.738. The smallest absolute Gasteiger partial charge is 0.0633 e. The van der Waals surface area contributed by atoms with Crippen molar-refractivity contribution in [3.8, 4) is 0 Å². The predicted octanol–water partition coefficient (Wildman–Crippen LogP) is 2.96. The van der Waals surface area contributed by atoms with Crippen LogP contribution in [0.15, 0.2) is 42.6 Å². The number of aryl methyl sites for hydroxylation is 1. The van der Waals surface area contributed by atoms with Gasteiger partial charge < -0.3 is 0 Å². The van der Waals surface area contributed by atoms with E-state index in [1.165, 1.54) is 0 Å². The highest BCUT2D eigenvalue weighted by molar-refractivity contribution is 5.65. The highest BCUT2D eigenvalue weighted by Gasteiger charge is 1.89. The van der Waals surface area contributed by atoms with E-state index >= 15 is 0 Å². The highest BCUT2D eigenvalue weighted by atomic mass is 14.7. The van der Waals surface area contributed by atoms with Crippen LogP contribution in [0.2, 0.25) is 0 Å². The summed E-state index contributed by atoms with van der Waals surface area (Å²) >= 11 is 0. The van der Waals surface area contributed by atoms with Gasteiger partial charge in [-0.25, -0.2) is 0 Å². The van der Waals surface area contributed by atoms with Crippen LogP contribution in [0.3, 0.4) is 0 Å². The van der Waals surface area contributed by atoms with Crippen molar-refractivity contribution in [1.29, 1.82) is 0 Å². The molecule has 0 aliphatic carbocycles. The molecule has 0 aliphatic rings. The second-order valence-electron chi connectivity index (χ2n) is 3.29. The number of hydrogen-bond acceptors (Lipinski definition) is 2. The number of pyridine rings is 2. The summed E-state index contributed by atoms with van der Waals surface area (Å²) in [6.45, 7) is 1.98. The zero-order valence-corrected chi connectivity index (χ0v) is 8.59. The zero-order valence-electron chi connectivity index (χ0n) is 8.59. The lowest BCUT2D eigenvalue weighted by Crippen LogP contribution is -1.83. The fraction of sp³-hybridized carbons (Fsp3) is 0.0769. The van der Waals surface area contributed by atoms with Crippen LogP contribution in [0.5, 0.6) is 0 Å². The maximum atomic E-state index is 4.37. The van der Waals surface area contributed by atoms with Crippen LogP contribution in [0.1, 0.15) is 17.1 Å². The minimum Gasteiger partial charge on any atom is -0.257 e. The maximum Gasteiger partial charge on any atom is 0.0633 e. The summed E-state index contributed by atoms with van der Waals surface area (Å²) in [7, 11) is 0. The standard InChI is InChI=1S/C13H12N2/c1-11-5-4-7-13(15-11)9-8-12-6-2-3-10-14-12/h2-10H,1H3/b9-8-. The van der Waals surface area contributed by atoms with Crippen molar-refractivity contribution in [2.45, 2.75) is 6.92 Å². The average Bonchev–Trinajstić information content (AvgIpc) is 2.28. The third kappa shape index (κ3) is 2.74. The summed E-state index contributed by atoms with van der Waals surface area (Å²) in [5.41, 5.74) is 2.93. The number of hydrogen-bond donors (Lipinski definition) is 0. The zero-order chi connectivity index (χ0) is 10.5. The molecule has 0 aromatic carbocycles. The lowest BCUT2D eigenvalue weighted by atomic mass is 10.2. The first kappa shape index (κ1) is 9.59. The van der Waals surface area contributed by atoms with Gasteiger partial charge in [-0.2, -0.15) is 0 Å². The van der Waals surface area contributed by atoms with E-state index in [0.29, 0.717) is 0 Å². The maximum absolute atomic E-state index is 4.37. The summed E-state index contributed by atoms with van der Waals surface area (Å²) in [5.74, 6) is 0. The Morgan fingerprint density at radius 1 is 0.933 bits per heavy atom. The Morgan fingerprint density at radius 3 is 2.47 bits per heavy atom. The Kier molecular flexibility index (Phi) is 2.88. The summed E-state index contributed by atoms with van der Waals surface area (Å²) < 4.78 is 0. The molecule has 2 aromatic heterocycles. The van der Waals surface area contributed by atoms with Crippen molar-refractivity contribution in [2.24, 2.45) is 0 Å². The second kappa shape index (κ2) is 4.51. The molecule has 0 atom stereocenters. The fourth-order valence-corrected chi connectivity index (χ4v) is 1.30. The molecule has 15 heavy (non-hydrogen) atoms. The minimum atomic E-state index is 0.945. The van der Waals surface area contributed by atoms with Gasteiger partial charge in [0.25, 0.3) is 0 Å². The van der Waals surface area contributed by atoms with Crippen molar-refractivity contribution >= 4 is 12.2 Å². The van der Waals surface area contributed by atoms with Crippen molar-refractivity contribution < 1.29 is 0 Å². The molecule has 0 N–H and O–H groups in total. The Morgan fingerprint density at radius 2 is 1.73 bits per heavy atom. The largest absolute Gasteiger partial charge is 0.257 e. The molecule has 2 rings (SSSR count). The second-order valence-corrected chi connectivity index (χ2v) is 3.29. The van der Waals surface area contributed by atoms with Crippen LogP contribution in [0, 0.1) is 6.92 Å². The first-order chi connectivity index (χ1) is 7.34. The lowest BCUT2D eigenvalue weighted by molar-refractivity contribution is 1.18. The van der Waals surface area contributed by atoms with E-state index in [0.717, 1.165) is 17.1 Å². The van der Waals surface area contributed by atoms with Gasteiger partial charge in [0, 0.05) is 11.9 Å². The first-order valence-electron chi connectivity index (χ1n) is 4.87. The first-order valence-corrected chi connectivity index (χ1v) is 4.87. The summed E-state index contributed by atoms with van der Waals surface area (Å²) in [6, 6.07) is 11.8. The summed E-state index contributed by atoms with van der Waals surface area (Å²) in [5, 5.41) is 0. The van der Waals surface area contributed by atoms with Gasteiger partial charge >= 0.3 is 0 Å². The molecular weight excluding hydrogens is 184 g/mol. The topological polar surface area (TPSA) is 25.8 Å². The molecule has 2 heterocycles. The predicted molar refractivity (Wildman–Crippen MR) is 62.1 cm³/mol. The number of nitrogens with zero attached hydrogens (tertiary/aromatic N) is 2. The molecule has 2 heteroatoms. The van der Waals surface area contributed by atoms with Gasteiger partial charge in [0.15, 0.2) is 0 Å². The van der Waals surface area contributed by atoms with E-state index in [9.17, 15) is 0 Å². The molecule has 2 nitrogen and oxygen atoms in total. The Hall–Kier alpha value is -1.96. The van der Waals surface area contributed by atoms with Crippen molar-refractivity contribution in [3.63, 3.8) is 0 Å². The molecule has 0 saturated heterocycles. The van der Waals surface area contributed by atoms with Gasteiger partial charge in [0.1, 0.15) is 0 Å². The third-order valence-electron chi connectivity index (χ3n) is 2.02. The van der Waals surface area contributed by atoms with Crippen LogP contribution in [-0.2, 0) is 0 Å². The van der Waals surface area contributed by atoms with Crippen LogP contribution in [0.25, 0.3) is 12.2 Å². The van der Waals surface area contributed by atoms with Crippen LogP contribution < -0.4 is 0 Å². The van der Waals surface area contributed by atoms with Gasteiger partial charge in [0.2, 0.25) is 0 Å². The summed E-state index contributed by atoms with van der Waals surface area (Å²) in [6.07, 6.45) is 5.71. The van der Waals surface area contributed by atoms with Crippen molar-refractivity contribution in [3.05, 3.63) is 59.7 Å². The molecule has 0 radical (unpaired) electrons. The Labute approximate surface area is 89.3 Å². The lowest BCUT2D eigenvalue weighted by Gasteiger charge is -1.94. The monoisotopic (exact) mass is 196 g/mol. The van der Waals surface area contributed by atoms with E-state index in [-0.39, 0.29) is 0 Å². The van der Waals surface area contributed by atoms with E-state index < -0.39 is 0 Å². The highest BCUT2D eigenvalue weighted by Crippen LogP contribution is 2.04. The molecule has 0 saturated carbocycles.